The largest absolute Gasteiger partial charge is 0.508 e. The Kier molecular flexibility index (Phi) is 1.90. The van der Waals surface area contributed by atoms with Gasteiger partial charge in [0.05, 0.1) is 0 Å². The average molecular weight is 163 g/mol. The molecule has 1 fully saturated rings. The Bertz CT molecular complexity index is 266. The standard InChI is InChI=1S/C10H13NO/c12-10-5-3-4-9(8-10)11-6-1-2-7-11/h3-5,8,12H,1-2,6-7H2. The van der Waals surface area contributed by atoms with Gasteiger partial charge in [0.2, 0.25) is 0 Å². The fourth-order valence-corrected chi connectivity index (χ4v) is 1.67. The highest BCUT2D eigenvalue weighted by molar-refractivity contribution is 5.50. The minimum atomic E-state index is 0.361. The first kappa shape index (κ1) is 7.47. The Morgan fingerprint density at radius 3 is 2.58 bits per heavy atom. The fraction of sp³-hybridized carbons (Fsp3) is 0.400. The Morgan fingerprint density at radius 1 is 1.17 bits per heavy atom. The van der Waals surface area contributed by atoms with Crippen LogP contribution in [0.4, 0.5) is 5.69 Å². The van der Waals surface area contributed by atoms with E-state index in [0.29, 0.717) is 5.75 Å². The molecule has 0 spiro atoms. The molecule has 0 radical (unpaired) electrons. The molecule has 1 aliphatic rings. The lowest BCUT2D eigenvalue weighted by Gasteiger charge is -2.17. The van der Waals surface area contributed by atoms with Crippen LogP contribution in [0.5, 0.6) is 5.75 Å². The third-order valence-corrected chi connectivity index (χ3v) is 2.30. The highest BCUT2D eigenvalue weighted by Gasteiger charge is 2.11. The van der Waals surface area contributed by atoms with Gasteiger partial charge in [-0.25, -0.2) is 0 Å². The van der Waals surface area contributed by atoms with Crippen LogP contribution in [0.3, 0.4) is 0 Å². The van der Waals surface area contributed by atoms with E-state index in [9.17, 15) is 5.11 Å². The summed E-state index contributed by atoms with van der Waals surface area (Å²) in [4.78, 5) is 2.31. The Hall–Kier alpha value is -1.18. The molecule has 2 nitrogen and oxygen atoms in total. The van der Waals surface area contributed by atoms with E-state index >= 15 is 0 Å². The summed E-state index contributed by atoms with van der Waals surface area (Å²) in [5.74, 6) is 0.361. The summed E-state index contributed by atoms with van der Waals surface area (Å²) in [5.41, 5.74) is 1.15. The van der Waals surface area contributed by atoms with Crippen LogP contribution in [-0.2, 0) is 0 Å². The summed E-state index contributed by atoms with van der Waals surface area (Å²) in [6.07, 6.45) is 2.55. The lowest BCUT2D eigenvalue weighted by Crippen LogP contribution is -2.17. The summed E-state index contributed by atoms with van der Waals surface area (Å²) in [7, 11) is 0. The zero-order valence-corrected chi connectivity index (χ0v) is 7.03. The molecule has 64 valence electrons. The minimum Gasteiger partial charge on any atom is -0.508 e. The summed E-state index contributed by atoms with van der Waals surface area (Å²) in [6, 6.07) is 7.47. The van der Waals surface area contributed by atoms with Crippen molar-refractivity contribution in [2.24, 2.45) is 0 Å². The summed E-state index contributed by atoms with van der Waals surface area (Å²) in [6.45, 7) is 2.26. The van der Waals surface area contributed by atoms with E-state index in [4.69, 9.17) is 0 Å². The van der Waals surface area contributed by atoms with Crippen LogP contribution in [0, 0.1) is 0 Å². The van der Waals surface area contributed by atoms with Crippen molar-refractivity contribution in [2.75, 3.05) is 18.0 Å². The molecule has 1 aliphatic heterocycles. The van der Waals surface area contributed by atoms with Gasteiger partial charge in [0.15, 0.2) is 0 Å². The summed E-state index contributed by atoms with van der Waals surface area (Å²) >= 11 is 0. The van der Waals surface area contributed by atoms with Crippen LogP contribution in [0.2, 0.25) is 0 Å². The number of phenolic OH excluding ortho intramolecular Hbond substituents is 1. The molecule has 2 heteroatoms. The molecule has 1 heterocycles. The Balaban J connectivity index is 2.21. The number of hydrogen-bond acceptors (Lipinski definition) is 2. The normalized spacial score (nSPS) is 16.8. The minimum absolute atomic E-state index is 0.361. The van der Waals surface area contributed by atoms with E-state index in [0.717, 1.165) is 18.8 Å². The molecule has 0 aromatic heterocycles. The molecule has 1 N–H and O–H groups in total. The van der Waals surface area contributed by atoms with Crippen molar-refractivity contribution in [2.45, 2.75) is 12.8 Å². The van der Waals surface area contributed by atoms with Crippen LogP contribution >= 0.6 is 0 Å². The highest BCUT2D eigenvalue weighted by Crippen LogP contribution is 2.23. The summed E-state index contributed by atoms with van der Waals surface area (Å²) in [5, 5.41) is 9.25. The summed E-state index contributed by atoms with van der Waals surface area (Å²) < 4.78 is 0. The third-order valence-electron chi connectivity index (χ3n) is 2.30. The maximum atomic E-state index is 9.25. The van der Waals surface area contributed by atoms with Crippen molar-refractivity contribution in [1.82, 2.24) is 0 Å². The zero-order chi connectivity index (χ0) is 8.39. The average Bonchev–Trinajstić information content (AvgIpc) is 2.56. The van der Waals surface area contributed by atoms with E-state index in [1.54, 1.807) is 6.07 Å². The molecule has 1 aromatic carbocycles. The molecule has 1 saturated heterocycles. The molecule has 0 amide bonds. The number of aromatic hydroxyl groups is 1. The second kappa shape index (κ2) is 3.05. The topological polar surface area (TPSA) is 23.5 Å². The molecule has 0 saturated carbocycles. The van der Waals surface area contributed by atoms with Crippen LogP contribution in [-0.4, -0.2) is 18.2 Å². The predicted octanol–water partition coefficient (Wildman–Crippen LogP) is 1.99. The number of rotatable bonds is 1. The van der Waals surface area contributed by atoms with Gasteiger partial charge in [-0.15, -0.1) is 0 Å². The second-order valence-electron chi connectivity index (χ2n) is 3.21. The Labute approximate surface area is 72.4 Å². The molecule has 0 aliphatic carbocycles. The van der Waals surface area contributed by atoms with E-state index in [-0.39, 0.29) is 0 Å². The lowest BCUT2D eigenvalue weighted by molar-refractivity contribution is 0.475. The van der Waals surface area contributed by atoms with Crippen LogP contribution in [0.1, 0.15) is 12.8 Å². The SMILES string of the molecule is Oc1cccc(N2CCCC2)c1. The van der Waals surface area contributed by atoms with Gasteiger partial charge >= 0.3 is 0 Å². The van der Waals surface area contributed by atoms with Gasteiger partial charge in [-0.05, 0) is 25.0 Å². The lowest BCUT2D eigenvalue weighted by atomic mass is 10.3. The second-order valence-corrected chi connectivity index (χ2v) is 3.21. The van der Waals surface area contributed by atoms with Gasteiger partial charge in [-0.2, -0.15) is 0 Å². The predicted molar refractivity (Wildman–Crippen MR) is 49.6 cm³/mol. The van der Waals surface area contributed by atoms with E-state index in [1.807, 2.05) is 18.2 Å². The van der Waals surface area contributed by atoms with Crippen LogP contribution in [0.15, 0.2) is 24.3 Å². The van der Waals surface area contributed by atoms with Gasteiger partial charge in [-0.3, -0.25) is 0 Å². The first-order valence-corrected chi connectivity index (χ1v) is 4.40. The number of nitrogens with zero attached hydrogens (tertiary/aromatic N) is 1. The highest BCUT2D eigenvalue weighted by atomic mass is 16.3. The van der Waals surface area contributed by atoms with E-state index < -0.39 is 0 Å². The van der Waals surface area contributed by atoms with Gasteiger partial charge in [0, 0.05) is 24.8 Å². The van der Waals surface area contributed by atoms with Crippen molar-refractivity contribution in [1.29, 1.82) is 0 Å². The number of anilines is 1. The number of benzene rings is 1. The van der Waals surface area contributed by atoms with Crippen molar-refractivity contribution >= 4 is 5.69 Å². The zero-order valence-electron chi connectivity index (χ0n) is 7.03. The molecule has 2 rings (SSSR count). The first-order valence-electron chi connectivity index (χ1n) is 4.40. The molecule has 0 unspecified atom stereocenters. The Morgan fingerprint density at radius 2 is 1.92 bits per heavy atom. The van der Waals surface area contributed by atoms with Crippen molar-refractivity contribution in [3.05, 3.63) is 24.3 Å². The van der Waals surface area contributed by atoms with Crippen molar-refractivity contribution < 1.29 is 5.11 Å². The molecule has 0 atom stereocenters. The molecular formula is C10H13NO. The first-order chi connectivity index (χ1) is 5.86. The van der Waals surface area contributed by atoms with E-state index in [2.05, 4.69) is 4.90 Å². The molecule has 1 aromatic rings. The number of hydrogen-bond donors (Lipinski definition) is 1. The van der Waals surface area contributed by atoms with Crippen LogP contribution in [0.25, 0.3) is 0 Å². The molecule has 0 bridgehead atoms. The number of phenols is 1. The third kappa shape index (κ3) is 1.37. The van der Waals surface area contributed by atoms with Crippen molar-refractivity contribution in [3.63, 3.8) is 0 Å². The van der Waals surface area contributed by atoms with Crippen LogP contribution < -0.4 is 4.90 Å². The van der Waals surface area contributed by atoms with Gasteiger partial charge in [-0.1, -0.05) is 6.07 Å². The van der Waals surface area contributed by atoms with Crippen molar-refractivity contribution in [3.8, 4) is 5.75 Å². The van der Waals surface area contributed by atoms with Gasteiger partial charge in [0.1, 0.15) is 5.75 Å². The fourth-order valence-electron chi connectivity index (χ4n) is 1.67. The van der Waals surface area contributed by atoms with Gasteiger partial charge < -0.3 is 10.0 Å². The molecular weight excluding hydrogens is 150 g/mol. The maximum absolute atomic E-state index is 9.25. The monoisotopic (exact) mass is 163 g/mol. The van der Waals surface area contributed by atoms with E-state index in [1.165, 1.54) is 12.8 Å². The van der Waals surface area contributed by atoms with Gasteiger partial charge in [0.25, 0.3) is 0 Å². The quantitative estimate of drug-likeness (QED) is 0.684. The smallest absolute Gasteiger partial charge is 0.117 e. The molecule has 12 heavy (non-hydrogen) atoms. The maximum Gasteiger partial charge on any atom is 0.117 e.